The molecule has 0 radical (unpaired) electrons. The first-order valence-corrected chi connectivity index (χ1v) is 7.57. The molecule has 1 fully saturated rings. The number of aromatic nitrogens is 2. The molecule has 1 aromatic heterocycles. The van der Waals surface area contributed by atoms with Gasteiger partial charge in [0.05, 0.1) is 0 Å². The molecule has 3 heterocycles. The van der Waals surface area contributed by atoms with Crippen LogP contribution in [0.4, 0.5) is 14.6 Å². The Labute approximate surface area is 131 Å². The number of benzene rings is 1. The molecule has 0 amide bonds. The Morgan fingerprint density at radius 1 is 1.35 bits per heavy atom. The van der Waals surface area contributed by atoms with Gasteiger partial charge in [-0.25, -0.2) is 13.6 Å². The molecule has 1 saturated heterocycles. The van der Waals surface area contributed by atoms with Crippen molar-refractivity contribution in [2.24, 2.45) is 0 Å². The molecule has 0 spiro atoms. The fraction of sp³-hybridized carbons (Fsp3) is 0.375. The summed E-state index contributed by atoms with van der Waals surface area (Å²) in [5.41, 5.74) is -0.280. The Balaban J connectivity index is 1.59. The number of rotatable bonds is 3. The summed E-state index contributed by atoms with van der Waals surface area (Å²) >= 11 is 0. The predicted octanol–water partition coefficient (Wildman–Crippen LogP) is 2.08. The zero-order chi connectivity index (χ0) is 16.0. The monoisotopic (exact) mass is 319 g/mol. The standard InChI is InChI=1S/C16H15F2N3O2/c17-12-5-1-3-10(15(12)18)9-23-13-7-14-20-6-2-4-11(20)8-21(14)16(22)19-13/h1,3,5,7,11H,2,4,6,8-9H2/t11-/m0/s1. The topological polar surface area (TPSA) is 47.4 Å². The molecule has 0 bridgehead atoms. The summed E-state index contributed by atoms with van der Waals surface area (Å²) in [4.78, 5) is 18.2. The van der Waals surface area contributed by atoms with Crippen molar-refractivity contribution >= 4 is 5.82 Å². The van der Waals surface area contributed by atoms with Gasteiger partial charge >= 0.3 is 5.69 Å². The highest BCUT2D eigenvalue weighted by molar-refractivity contribution is 5.48. The van der Waals surface area contributed by atoms with Gasteiger partial charge in [0.25, 0.3) is 0 Å². The van der Waals surface area contributed by atoms with Crippen molar-refractivity contribution in [2.45, 2.75) is 32.0 Å². The van der Waals surface area contributed by atoms with E-state index in [9.17, 15) is 13.6 Å². The van der Waals surface area contributed by atoms with Gasteiger partial charge < -0.3 is 9.64 Å². The zero-order valence-electron chi connectivity index (χ0n) is 12.3. The number of anilines is 1. The predicted molar refractivity (Wildman–Crippen MR) is 79.6 cm³/mol. The largest absolute Gasteiger partial charge is 0.472 e. The third kappa shape index (κ3) is 2.36. The molecule has 1 aromatic carbocycles. The smallest absolute Gasteiger partial charge is 0.352 e. The molecule has 0 aliphatic carbocycles. The van der Waals surface area contributed by atoms with Gasteiger partial charge in [-0.15, -0.1) is 0 Å². The summed E-state index contributed by atoms with van der Waals surface area (Å²) in [6.45, 7) is 1.38. The average molecular weight is 319 g/mol. The molecule has 2 aromatic rings. The van der Waals surface area contributed by atoms with E-state index in [1.165, 1.54) is 12.1 Å². The Morgan fingerprint density at radius 2 is 2.22 bits per heavy atom. The van der Waals surface area contributed by atoms with E-state index in [0.29, 0.717) is 12.6 Å². The van der Waals surface area contributed by atoms with Crippen LogP contribution in [0.15, 0.2) is 29.1 Å². The summed E-state index contributed by atoms with van der Waals surface area (Å²) in [5, 5.41) is 0. The lowest BCUT2D eigenvalue weighted by molar-refractivity contribution is 0.283. The summed E-state index contributed by atoms with van der Waals surface area (Å²) in [5.74, 6) is -0.933. The van der Waals surface area contributed by atoms with Crippen LogP contribution in [0.2, 0.25) is 0 Å². The molecule has 5 nitrogen and oxygen atoms in total. The van der Waals surface area contributed by atoms with Crippen LogP contribution in [0.25, 0.3) is 0 Å². The molecule has 0 saturated carbocycles. The third-order valence-electron chi connectivity index (χ3n) is 4.44. The summed E-state index contributed by atoms with van der Waals surface area (Å²) < 4.78 is 33.9. The van der Waals surface area contributed by atoms with E-state index in [1.807, 2.05) is 0 Å². The van der Waals surface area contributed by atoms with Crippen molar-refractivity contribution in [3.05, 3.63) is 51.9 Å². The van der Waals surface area contributed by atoms with Gasteiger partial charge in [0.1, 0.15) is 12.4 Å². The second kappa shape index (κ2) is 5.33. The number of hydrogen-bond donors (Lipinski definition) is 0. The van der Waals surface area contributed by atoms with Gasteiger partial charge in [-0.1, -0.05) is 12.1 Å². The fourth-order valence-corrected chi connectivity index (χ4v) is 3.31. The van der Waals surface area contributed by atoms with Gasteiger partial charge in [-0.3, -0.25) is 4.57 Å². The van der Waals surface area contributed by atoms with Gasteiger partial charge in [-0.05, 0) is 18.9 Å². The highest BCUT2D eigenvalue weighted by Crippen LogP contribution is 2.33. The van der Waals surface area contributed by atoms with Crippen molar-refractivity contribution in [2.75, 3.05) is 11.4 Å². The molecule has 2 aliphatic rings. The molecular formula is C16H15F2N3O2. The molecule has 7 heteroatoms. The second-order valence-electron chi connectivity index (χ2n) is 5.84. The van der Waals surface area contributed by atoms with Crippen LogP contribution in [0.1, 0.15) is 18.4 Å². The van der Waals surface area contributed by atoms with Crippen LogP contribution in [0.5, 0.6) is 5.88 Å². The highest BCUT2D eigenvalue weighted by atomic mass is 19.2. The van der Waals surface area contributed by atoms with Crippen molar-refractivity contribution < 1.29 is 13.5 Å². The van der Waals surface area contributed by atoms with Crippen molar-refractivity contribution in [1.82, 2.24) is 9.55 Å². The first-order valence-electron chi connectivity index (χ1n) is 7.57. The SMILES string of the molecule is O=c1nc(OCc2cccc(F)c2F)cc2n1C[C@@H]1CCCN21. The van der Waals surface area contributed by atoms with E-state index < -0.39 is 11.6 Å². The van der Waals surface area contributed by atoms with Crippen molar-refractivity contribution in [1.29, 1.82) is 0 Å². The van der Waals surface area contributed by atoms with E-state index in [4.69, 9.17) is 4.74 Å². The van der Waals surface area contributed by atoms with Crippen LogP contribution < -0.4 is 15.3 Å². The molecule has 2 aliphatic heterocycles. The number of halogens is 2. The van der Waals surface area contributed by atoms with Crippen LogP contribution in [-0.2, 0) is 13.2 Å². The Hall–Kier alpha value is -2.44. The normalized spacial score (nSPS) is 18.9. The van der Waals surface area contributed by atoms with Crippen LogP contribution >= 0.6 is 0 Å². The lowest BCUT2D eigenvalue weighted by atomic mass is 10.2. The molecule has 23 heavy (non-hydrogen) atoms. The van der Waals surface area contributed by atoms with Gasteiger partial charge in [0.15, 0.2) is 11.6 Å². The number of nitrogens with zero attached hydrogens (tertiary/aromatic N) is 3. The fourth-order valence-electron chi connectivity index (χ4n) is 3.31. The zero-order valence-corrected chi connectivity index (χ0v) is 12.3. The summed E-state index contributed by atoms with van der Waals surface area (Å²) in [6, 6.07) is 5.95. The van der Waals surface area contributed by atoms with Crippen molar-refractivity contribution in [3.8, 4) is 5.88 Å². The van der Waals surface area contributed by atoms with E-state index in [0.717, 1.165) is 31.3 Å². The maximum atomic E-state index is 13.6. The maximum absolute atomic E-state index is 13.6. The van der Waals surface area contributed by atoms with E-state index in [1.54, 1.807) is 10.6 Å². The average Bonchev–Trinajstić information content (AvgIpc) is 3.11. The van der Waals surface area contributed by atoms with Gasteiger partial charge in [0, 0.05) is 30.8 Å². The molecule has 0 unspecified atom stereocenters. The maximum Gasteiger partial charge on any atom is 0.352 e. The number of hydrogen-bond acceptors (Lipinski definition) is 4. The molecule has 4 rings (SSSR count). The first-order chi connectivity index (χ1) is 11.1. The quantitative estimate of drug-likeness (QED) is 0.869. The Morgan fingerprint density at radius 3 is 3.09 bits per heavy atom. The van der Waals surface area contributed by atoms with E-state index in [2.05, 4.69) is 9.88 Å². The van der Waals surface area contributed by atoms with Gasteiger partial charge in [0.2, 0.25) is 5.88 Å². The van der Waals surface area contributed by atoms with Crippen LogP contribution in [-0.4, -0.2) is 22.1 Å². The Bertz CT molecular complexity index is 821. The molecular weight excluding hydrogens is 304 g/mol. The minimum absolute atomic E-state index is 0.0893. The number of ether oxygens (including phenoxy) is 1. The van der Waals surface area contributed by atoms with E-state index >= 15 is 0 Å². The van der Waals surface area contributed by atoms with Crippen LogP contribution in [0.3, 0.4) is 0 Å². The summed E-state index contributed by atoms with van der Waals surface area (Å²) in [7, 11) is 0. The molecule has 0 N–H and O–H groups in total. The van der Waals surface area contributed by atoms with Crippen LogP contribution in [0, 0.1) is 11.6 Å². The van der Waals surface area contributed by atoms with Crippen molar-refractivity contribution in [3.63, 3.8) is 0 Å². The first kappa shape index (κ1) is 14.2. The third-order valence-corrected chi connectivity index (χ3v) is 4.44. The lowest BCUT2D eigenvalue weighted by Crippen LogP contribution is -2.24. The van der Waals surface area contributed by atoms with Gasteiger partial charge in [-0.2, -0.15) is 4.98 Å². The van der Waals surface area contributed by atoms with E-state index in [-0.39, 0.29) is 23.7 Å². The minimum atomic E-state index is -0.940. The Kier molecular flexibility index (Phi) is 3.28. The highest BCUT2D eigenvalue weighted by Gasteiger charge is 2.34. The minimum Gasteiger partial charge on any atom is -0.472 e. The summed E-state index contributed by atoms with van der Waals surface area (Å²) in [6.07, 6.45) is 2.16. The molecule has 120 valence electrons. The second-order valence-corrected chi connectivity index (χ2v) is 5.84. The number of fused-ring (bicyclic) bond motifs is 3. The molecule has 1 atom stereocenters. The lowest BCUT2D eigenvalue weighted by Gasteiger charge is -2.17.